The minimum atomic E-state index is 0.0479. The van der Waals surface area contributed by atoms with Crippen LogP contribution in [-0.4, -0.2) is 32.9 Å². The quantitative estimate of drug-likeness (QED) is 0.596. The van der Waals surface area contributed by atoms with Crippen LogP contribution in [0, 0.1) is 0 Å². The van der Waals surface area contributed by atoms with E-state index in [4.69, 9.17) is 0 Å². The Balaban J connectivity index is 2.21. The monoisotopic (exact) mass is 184 g/mol. The molecular formula is C6H8N4OS. The molecule has 5 nitrogen and oxygen atoms in total. The highest BCUT2D eigenvalue weighted by Gasteiger charge is 2.29. The van der Waals surface area contributed by atoms with E-state index < -0.39 is 0 Å². The number of aromatic nitrogens is 3. The van der Waals surface area contributed by atoms with Gasteiger partial charge < -0.3 is 0 Å². The highest BCUT2D eigenvalue weighted by atomic mass is 32.1. The molecule has 2 rings (SSSR count). The van der Waals surface area contributed by atoms with Crippen molar-refractivity contribution in [3.05, 3.63) is 6.33 Å². The number of nitrogens with one attached hydrogen (secondary N) is 1. The Kier molecular flexibility index (Phi) is 1.76. The third kappa shape index (κ3) is 1.18. The van der Waals surface area contributed by atoms with E-state index >= 15 is 0 Å². The van der Waals surface area contributed by atoms with Gasteiger partial charge in [-0.3, -0.25) is 9.69 Å². The third-order valence-corrected chi connectivity index (χ3v) is 2.11. The minimum absolute atomic E-state index is 0.0479. The largest absolute Gasteiger partial charge is 0.280 e. The topological polar surface area (TPSA) is 61.9 Å². The minimum Gasteiger partial charge on any atom is -0.280 e. The lowest BCUT2D eigenvalue weighted by Gasteiger charge is -2.10. The number of aromatic amines is 1. The van der Waals surface area contributed by atoms with Crippen molar-refractivity contribution >= 4 is 24.5 Å². The normalized spacial score (nSPS) is 23.6. The standard InChI is InChI=1S/C6H8N4OS/c11-5-1-4(12)2-10(5)6-7-3-8-9-6/h3-4,12H,1-2H2,(H,7,8,9). The Morgan fingerprint density at radius 1 is 1.75 bits per heavy atom. The van der Waals surface area contributed by atoms with Crippen molar-refractivity contribution in [3.63, 3.8) is 0 Å². The van der Waals surface area contributed by atoms with Gasteiger partial charge in [-0.25, -0.2) is 5.10 Å². The molecule has 0 aliphatic carbocycles. The van der Waals surface area contributed by atoms with Crippen molar-refractivity contribution in [2.24, 2.45) is 0 Å². The summed E-state index contributed by atoms with van der Waals surface area (Å²) in [5, 5.41) is 6.42. The number of hydrogen-bond donors (Lipinski definition) is 2. The number of amides is 1. The molecule has 0 radical (unpaired) electrons. The molecule has 1 aromatic heterocycles. The highest BCUT2D eigenvalue weighted by Crippen LogP contribution is 2.19. The molecule has 1 fully saturated rings. The van der Waals surface area contributed by atoms with Gasteiger partial charge in [0.05, 0.1) is 0 Å². The number of rotatable bonds is 1. The summed E-state index contributed by atoms with van der Waals surface area (Å²) in [6.45, 7) is 0.608. The summed E-state index contributed by atoms with van der Waals surface area (Å²) in [6, 6.07) is 0. The van der Waals surface area contributed by atoms with Crippen molar-refractivity contribution < 1.29 is 4.79 Å². The van der Waals surface area contributed by atoms with Crippen molar-refractivity contribution in [1.82, 2.24) is 15.2 Å². The maximum absolute atomic E-state index is 11.3. The molecule has 0 aromatic carbocycles. The zero-order chi connectivity index (χ0) is 8.55. The van der Waals surface area contributed by atoms with Gasteiger partial charge in [0.2, 0.25) is 11.9 Å². The first kappa shape index (κ1) is 7.60. The van der Waals surface area contributed by atoms with E-state index in [9.17, 15) is 4.79 Å². The van der Waals surface area contributed by atoms with Crippen LogP contribution in [0.4, 0.5) is 5.95 Å². The molecule has 1 aromatic rings. The van der Waals surface area contributed by atoms with E-state index in [1.165, 1.54) is 6.33 Å². The first-order chi connectivity index (χ1) is 5.77. The van der Waals surface area contributed by atoms with Crippen LogP contribution in [0.2, 0.25) is 0 Å². The molecule has 1 unspecified atom stereocenters. The van der Waals surface area contributed by atoms with E-state index in [-0.39, 0.29) is 11.2 Å². The van der Waals surface area contributed by atoms with Gasteiger partial charge in [-0.1, -0.05) is 0 Å². The number of hydrogen-bond acceptors (Lipinski definition) is 4. The van der Waals surface area contributed by atoms with Crippen molar-refractivity contribution in [1.29, 1.82) is 0 Å². The van der Waals surface area contributed by atoms with E-state index in [1.54, 1.807) is 4.90 Å². The van der Waals surface area contributed by atoms with Crippen LogP contribution in [0.5, 0.6) is 0 Å². The van der Waals surface area contributed by atoms with Gasteiger partial charge in [0, 0.05) is 18.2 Å². The van der Waals surface area contributed by atoms with Gasteiger partial charge in [-0.05, 0) is 0 Å². The molecule has 0 bridgehead atoms. The molecular weight excluding hydrogens is 176 g/mol. The Labute approximate surface area is 74.6 Å². The van der Waals surface area contributed by atoms with Gasteiger partial charge in [-0.2, -0.15) is 22.7 Å². The summed E-state index contributed by atoms with van der Waals surface area (Å²) in [5.41, 5.74) is 0. The smallest absolute Gasteiger partial charge is 0.230 e. The van der Waals surface area contributed by atoms with Crippen LogP contribution < -0.4 is 4.90 Å². The summed E-state index contributed by atoms with van der Waals surface area (Å²) >= 11 is 4.22. The molecule has 64 valence electrons. The van der Waals surface area contributed by atoms with Crippen LogP contribution in [0.25, 0.3) is 0 Å². The number of carbonyl (C=O) groups excluding carboxylic acids is 1. The van der Waals surface area contributed by atoms with Gasteiger partial charge in [0.15, 0.2) is 0 Å². The Morgan fingerprint density at radius 3 is 3.08 bits per heavy atom. The fraction of sp³-hybridized carbons (Fsp3) is 0.500. The van der Waals surface area contributed by atoms with Gasteiger partial charge in [-0.15, -0.1) is 0 Å². The van der Waals surface area contributed by atoms with Crippen LogP contribution in [0.1, 0.15) is 6.42 Å². The highest BCUT2D eigenvalue weighted by molar-refractivity contribution is 7.81. The number of H-pyrrole nitrogens is 1. The van der Waals surface area contributed by atoms with E-state index in [1.807, 2.05) is 0 Å². The maximum atomic E-state index is 11.3. The van der Waals surface area contributed by atoms with E-state index in [0.29, 0.717) is 18.9 Å². The molecule has 12 heavy (non-hydrogen) atoms. The number of nitrogens with zero attached hydrogens (tertiary/aromatic N) is 3. The van der Waals surface area contributed by atoms with E-state index in [0.717, 1.165) is 0 Å². The van der Waals surface area contributed by atoms with Gasteiger partial charge in [0.25, 0.3) is 0 Å². The summed E-state index contributed by atoms with van der Waals surface area (Å²) in [5.74, 6) is 0.559. The molecule has 0 spiro atoms. The Bertz CT molecular complexity index is 286. The van der Waals surface area contributed by atoms with Crippen LogP contribution in [-0.2, 0) is 4.79 Å². The lowest BCUT2D eigenvalue weighted by atomic mass is 10.4. The lowest BCUT2D eigenvalue weighted by Crippen LogP contribution is -2.25. The molecule has 0 saturated carbocycles. The molecule has 1 N–H and O–H groups in total. The number of thiol groups is 1. The first-order valence-corrected chi connectivity index (χ1v) is 4.13. The van der Waals surface area contributed by atoms with Gasteiger partial charge >= 0.3 is 0 Å². The SMILES string of the molecule is O=C1CC(S)CN1c1ncn[nH]1. The van der Waals surface area contributed by atoms with Crippen molar-refractivity contribution in [2.75, 3.05) is 11.4 Å². The van der Waals surface area contributed by atoms with E-state index in [2.05, 4.69) is 27.8 Å². The molecule has 1 saturated heterocycles. The molecule has 6 heteroatoms. The average molecular weight is 184 g/mol. The number of anilines is 1. The Morgan fingerprint density at radius 2 is 2.58 bits per heavy atom. The zero-order valence-corrected chi connectivity index (χ0v) is 7.16. The molecule has 1 atom stereocenters. The predicted molar refractivity (Wildman–Crippen MR) is 46.1 cm³/mol. The average Bonchev–Trinajstić information content (AvgIpc) is 2.58. The van der Waals surface area contributed by atoms with Crippen LogP contribution in [0.3, 0.4) is 0 Å². The summed E-state index contributed by atoms with van der Waals surface area (Å²) in [4.78, 5) is 16.7. The van der Waals surface area contributed by atoms with Crippen LogP contribution in [0.15, 0.2) is 6.33 Å². The summed E-state index contributed by atoms with van der Waals surface area (Å²) in [7, 11) is 0. The van der Waals surface area contributed by atoms with Crippen LogP contribution >= 0.6 is 12.6 Å². The molecule has 1 amide bonds. The molecule has 1 aliphatic heterocycles. The van der Waals surface area contributed by atoms with Crippen molar-refractivity contribution in [3.8, 4) is 0 Å². The fourth-order valence-electron chi connectivity index (χ4n) is 1.22. The first-order valence-electron chi connectivity index (χ1n) is 3.61. The second-order valence-electron chi connectivity index (χ2n) is 2.67. The maximum Gasteiger partial charge on any atom is 0.230 e. The Hall–Kier alpha value is -1.04. The fourth-order valence-corrected chi connectivity index (χ4v) is 1.54. The molecule has 1 aliphatic rings. The summed E-state index contributed by atoms with van der Waals surface area (Å²) in [6.07, 6.45) is 1.86. The molecule has 2 heterocycles. The van der Waals surface area contributed by atoms with Crippen molar-refractivity contribution in [2.45, 2.75) is 11.7 Å². The summed E-state index contributed by atoms with van der Waals surface area (Å²) < 4.78 is 0. The lowest BCUT2D eigenvalue weighted by molar-refractivity contribution is -0.117. The zero-order valence-electron chi connectivity index (χ0n) is 6.27. The van der Waals surface area contributed by atoms with Gasteiger partial charge in [0.1, 0.15) is 6.33 Å². The predicted octanol–water partition coefficient (Wildman–Crippen LogP) is -0.160. The number of carbonyl (C=O) groups is 1. The second-order valence-corrected chi connectivity index (χ2v) is 3.40. The second kappa shape index (κ2) is 2.78. The third-order valence-electron chi connectivity index (χ3n) is 1.76.